The number of hydrogen-bond donors (Lipinski definition) is 0. The molecule has 0 nitrogen and oxygen atoms in total. The Bertz CT molecular complexity index is 923. The monoisotopic (exact) mass is 440 g/mol. The second-order valence-corrected chi connectivity index (χ2v) is 9.90. The Morgan fingerprint density at radius 2 is 1.13 bits per heavy atom. The van der Waals surface area contributed by atoms with Crippen molar-refractivity contribution in [2.45, 2.75) is 13.0 Å². The van der Waals surface area contributed by atoms with Crippen molar-refractivity contribution in [3.63, 3.8) is 0 Å². The zero-order valence-electron chi connectivity index (χ0n) is 17.5. The van der Waals surface area contributed by atoms with E-state index in [9.17, 15) is 0 Å². The molecular weight excluding hydrogens is 412 g/mol. The topological polar surface area (TPSA) is 0 Å². The van der Waals surface area contributed by atoms with E-state index >= 15 is 0 Å². The van der Waals surface area contributed by atoms with E-state index < -0.39 is 8.80 Å². The fourth-order valence-electron chi connectivity index (χ4n) is 3.20. The molecule has 1 unspecified atom stereocenters. The molecule has 0 bridgehead atoms. The fraction of sp³-hybridized carbons (Fsp3) is 0.0714. The average molecular weight is 440 g/mol. The van der Waals surface area contributed by atoms with Gasteiger partial charge in [-0.3, -0.25) is 0 Å². The minimum Gasteiger partial charge on any atom is -0.0809 e. The predicted molar refractivity (Wildman–Crippen MR) is 132 cm³/mol. The standard InChI is InChI=1S/C16H14.C12H14Si.Ti/c1-3-9-15(10-4-1)13-7-8-14-16-11-5-2-6-12-16;1-13(12-9-5-6-10-12)11-7-3-2-4-8-11;/h1-14H;2-9,13H,10H2,1H3;. The summed E-state index contributed by atoms with van der Waals surface area (Å²) < 4.78 is 0. The van der Waals surface area contributed by atoms with Crippen LogP contribution in [0.1, 0.15) is 17.5 Å². The van der Waals surface area contributed by atoms with Gasteiger partial charge in [0.15, 0.2) is 0 Å². The summed E-state index contributed by atoms with van der Waals surface area (Å²) >= 11 is 0. The van der Waals surface area contributed by atoms with Crippen molar-refractivity contribution in [1.82, 2.24) is 0 Å². The van der Waals surface area contributed by atoms with Crippen LogP contribution in [0.2, 0.25) is 6.55 Å². The van der Waals surface area contributed by atoms with Crippen molar-refractivity contribution in [2.24, 2.45) is 0 Å². The van der Waals surface area contributed by atoms with Crippen LogP contribution in [0, 0.1) is 0 Å². The number of rotatable bonds is 5. The molecule has 0 amide bonds. The summed E-state index contributed by atoms with van der Waals surface area (Å²) in [5.74, 6) is 0. The zero-order chi connectivity index (χ0) is 20.2. The number of hydrogen-bond acceptors (Lipinski definition) is 0. The molecule has 0 N–H and O–H groups in total. The van der Waals surface area contributed by atoms with Crippen LogP contribution < -0.4 is 5.19 Å². The third kappa shape index (κ3) is 8.12. The Labute approximate surface area is 197 Å². The first-order chi connectivity index (χ1) is 14.3. The maximum atomic E-state index is 2.41. The molecule has 0 heterocycles. The van der Waals surface area contributed by atoms with E-state index in [0.717, 1.165) is 0 Å². The molecule has 0 saturated heterocycles. The van der Waals surface area contributed by atoms with Crippen molar-refractivity contribution < 1.29 is 21.7 Å². The van der Waals surface area contributed by atoms with Crippen molar-refractivity contribution in [2.75, 3.05) is 0 Å². The quantitative estimate of drug-likeness (QED) is 0.310. The molecule has 3 aromatic rings. The van der Waals surface area contributed by atoms with Gasteiger partial charge in [0.25, 0.3) is 0 Å². The molecule has 1 aliphatic carbocycles. The molecule has 1 atom stereocenters. The van der Waals surface area contributed by atoms with Crippen LogP contribution >= 0.6 is 0 Å². The largest absolute Gasteiger partial charge is 0.0950 e. The summed E-state index contributed by atoms with van der Waals surface area (Å²) in [6.07, 6.45) is 16.2. The number of benzene rings is 3. The van der Waals surface area contributed by atoms with Gasteiger partial charge in [0.2, 0.25) is 0 Å². The first kappa shape index (κ1) is 23.8. The summed E-state index contributed by atoms with van der Waals surface area (Å²) in [7, 11) is -0.814. The fourth-order valence-corrected chi connectivity index (χ4v) is 5.32. The van der Waals surface area contributed by atoms with E-state index in [4.69, 9.17) is 0 Å². The van der Waals surface area contributed by atoms with Crippen LogP contribution in [0.5, 0.6) is 0 Å². The Morgan fingerprint density at radius 3 is 1.57 bits per heavy atom. The average Bonchev–Trinajstić information content (AvgIpc) is 3.34. The van der Waals surface area contributed by atoms with Gasteiger partial charge in [-0.25, -0.2) is 0 Å². The van der Waals surface area contributed by atoms with Crippen LogP contribution in [0.15, 0.2) is 127 Å². The van der Waals surface area contributed by atoms with Crippen molar-refractivity contribution >= 4 is 26.1 Å². The third-order valence-corrected chi connectivity index (χ3v) is 7.87. The van der Waals surface area contributed by atoms with Gasteiger partial charge >= 0.3 is 0 Å². The molecule has 1 aliphatic rings. The maximum Gasteiger partial charge on any atom is 0.0950 e. The van der Waals surface area contributed by atoms with Gasteiger partial charge < -0.3 is 0 Å². The molecule has 3 aromatic carbocycles. The minimum absolute atomic E-state index is 0. The van der Waals surface area contributed by atoms with Gasteiger partial charge in [-0.15, -0.1) is 0 Å². The molecule has 0 spiro atoms. The van der Waals surface area contributed by atoms with Gasteiger partial charge in [-0.2, -0.15) is 0 Å². The van der Waals surface area contributed by atoms with E-state index in [1.165, 1.54) is 17.5 Å². The third-order valence-electron chi connectivity index (χ3n) is 4.94. The molecule has 0 saturated carbocycles. The van der Waals surface area contributed by atoms with Crippen LogP contribution in [0.4, 0.5) is 0 Å². The van der Waals surface area contributed by atoms with Crippen LogP contribution in [0.3, 0.4) is 0 Å². The summed E-state index contributed by atoms with van der Waals surface area (Å²) in [5, 5.41) is 3.21. The molecule has 0 aliphatic heterocycles. The Morgan fingerprint density at radius 1 is 0.667 bits per heavy atom. The number of allylic oxidation sites excluding steroid dienone is 6. The Hall–Kier alpha value is -2.45. The second-order valence-electron chi connectivity index (χ2n) is 7.05. The summed E-state index contributed by atoms with van der Waals surface area (Å²) in [5.41, 5.74) is 2.44. The van der Waals surface area contributed by atoms with Crippen LogP contribution in [0.25, 0.3) is 12.2 Å². The van der Waals surface area contributed by atoms with Gasteiger partial charge in [-0.1, -0.05) is 150 Å². The first-order valence-corrected chi connectivity index (χ1v) is 12.5. The summed E-state index contributed by atoms with van der Waals surface area (Å²) in [6.45, 7) is 2.41. The van der Waals surface area contributed by atoms with E-state index in [-0.39, 0.29) is 21.7 Å². The Balaban J connectivity index is 0.000000211. The smallest absolute Gasteiger partial charge is 0.0809 e. The van der Waals surface area contributed by atoms with E-state index in [1.807, 2.05) is 36.4 Å². The van der Waals surface area contributed by atoms with Gasteiger partial charge in [0.1, 0.15) is 0 Å². The SMILES string of the molecule is C(C=Cc1ccccc1)=Cc1ccccc1.C[SiH](C1=CC=CC1)c1ccccc1.[Ti]. The molecule has 0 fully saturated rings. The van der Waals surface area contributed by atoms with Crippen molar-refractivity contribution in [3.8, 4) is 0 Å². The van der Waals surface area contributed by atoms with E-state index in [1.54, 1.807) is 10.4 Å². The summed E-state index contributed by atoms with van der Waals surface area (Å²) in [4.78, 5) is 0. The van der Waals surface area contributed by atoms with Crippen molar-refractivity contribution in [1.29, 1.82) is 0 Å². The molecular formula is C28H28SiTi. The van der Waals surface area contributed by atoms with Crippen molar-refractivity contribution in [3.05, 3.63) is 138 Å². The van der Waals surface area contributed by atoms with Gasteiger partial charge in [0, 0.05) is 21.7 Å². The molecule has 2 heteroatoms. The summed E-state index contributed by atoms with van der Waals surface area (Å²) in [6, 6.07) is 31.5. The first-order valence-electron chi connectivity index (χ1n) is 10.2. The van der Waals surface area contributed by atoms with E-state index in [0.29, 0.717) is 0 Å². The molecule has 148 valence electrons. The molecule has 0 aromatic heterocycles. The second kappa shape index (κ2) is 13.7. The minimum atomic E-state index is -0.814. The molecule has 4 rings (SSSR count). The molecule has 30 heavy (non-hydrogen) atoms. The van der Waals surface area contributed by atoms with Gasteiger partial charge in [-0.05, 0) is 17.5 Å². The van der Waals surface area contributed by atoms with Crippen LogP contribution in [-0.4, -0.2) is 8.80 Å². The predicted octanol–water partition coefficient (Wildman–Crippen LogP) is 6.59. The van der Waals surface area contributed by atoms with E-state index in [2.05, 4.69) is 104 Å². The molecule has 0 radical (unpaired) electrons. The zero-order valence-corrected chi connectivity index (χ0v) is 20.2. The Kier molecular flexibility index (Phi) is 10.9. The van der Waals surface area contributed by atoms with Gasteiger partial charge in [0.05, 0.1) is 8.80 Å². The van der Waals surface area contributed by atoms with Crippen LogP contribution in [-0.2, 0) is 21.7 Å². The maximum absolute atomic E-state index is 2.41. The normalized spacial score (nSPS) is 13.4.